The number of hydrogen-bond acceptors (Lipinski definition) is 0. The lowest BCUT2D eigenvalue weighted by Gasteiger charge is -1.83. The molecule has 0 aliphatic heterocycles. The van der Waals surface area contributed by atoms with Crippen LogP contribution in [0.3, 0.4) is 0 Å². The van der Waals surface area contributed by atoms with E-state index in [1.807, 2.05) is 13.0 Å². The molecule has 0 unspecified atom stereocenters. The molecule has 36 valence electrons. The van der Waals surface area contributed by atoms with Crippen LogP contribution in [-0.4, -0.2) is 0 Å². The van der Waals surface area contributed by atoms with Crippen molar-refractivity contribution in [2.24, 2.45) is 0 Å². The highest BCUT2D eigenvalue weighted by Crippen LogP contribution is 1.84. The summed E-state index contributed by atoms with van der Waals surface area (Å²) in [6, 6.07) is 0. The van der Waals surface area contributed by atoms with Gasteiger partial charge in [0.25, 0.3) is 0 Å². The van der Waals surface area contributed by atoms with Crippen LogP contribution in [0.2, 0.25) is 0 Å². The molecule has 0 fully saturated rings. The molecule has 0 N–H and O–H groups in total. The van der Waals surface area contributed by atoms with Crippen molar-refractivity contribution >= 4 is 0 Å². The van der Waals surface area contributed by atoms with E-state index >= 15 is 0 Å². The first kappa shape index (κ1) is 5.74. The van der Waals surface area contributed by atoms with Gasteiger partial charge in [0.2, 0.25) is 0 Å². The SMILES string of the molecule is [CH2-]CCC=CC. The minimum absolute atomic E-state index is 1.02. The maximum Gasteiger partial charge on any atom is -0.0470 e. The van der Waals surface area contributed by atoms with Crippen LogP contribution < -0.4 is 0 Å². The normalized spacial score (nSPS) is 10.3. The van der Waals surface area contributed by atoms with Crippen molar-refractivity contribution in [1.29, 1.82) is 0 Å². The second-order valence-electron chi connectivity index (χ2n) is 1.21. The summed E-state index contributed by atoms with van der Waals surface area (Å²) in [5.74, 6) is 0. The molecule has 6 heavy (non-hydrogen) atoms. The van der Waals surface area contributed by atoms with Gasteiger partial charge in [-0.2, -0.15) is 6.42 Å². The van der Waals surface area contributed by atoms with E-state index in [1.165, 1.54) is 0 Å². The van der Waals surface area contributed by atoms with Crippen LogP contribution in [0.4, 0.5) is 0 Å². The Bertz CT molecular complexity index is 35.3. The summed E-state index contributed by atoms with van der Waals surface area (Å²) in [6.45, 7) is 5.70. The minimum Gasteiger partial charge on any atom is -0.343 e. The molecule has 0 atom stereocenters. The second kappa shape index (κ2) is 4.74. The monoisotopic (exact) mass is 83.1 g/mol. The first-order chi connectivity index (χ1) is 2.91. The van der Waals surface area contributed by atoms with Crippen molar-refractivity contribution in [3.05, 3.63) is 19.1 Å². The average molecular weight is 83.2 g/mol. The third-order valence-electron chi connectivity index (χ3n) is 0.606. The Morgan fingerprint density at radius 3 is 2.50 bits per heavy atom. The molecule has 0 amide bonds. The highest BCUT2D eigenvalue weighted by molar-refractivity contribution is 4.76. The van der Waals surface area contributed by atoms with E-state index in [9.17, 15) is 0 Å². The van der Waals surface area contributed by atoms with E-state index in [0.29, 0.717) is 0 Å². The average Bonchev–Trinajstić information content (AvgIpc) is 1.61. The van der Waals surface area contributed by atoms with Crippen LogP contribution in [0.5, 0.6) is 0 Å². The van der Waals surface area contributed by atoms with Crippen molar-refractivity contribution in [2.45, 2.75) is 19.8 Å². The quantitative estimate of drug-likeness (QED) is 0.354. The van der Waals surface area contributed by atoms with Gasteiger partial charge in [0, 0.05) is 0 Å². The molecule has 0 aromatic rings. The number of rotatable bonds is 2. The molecular weight excluding hydrogens is 72.1 g/mol. The van der Waals surface area contributed by atoms with Gasteiger partial charge in [-0.15, -0.1) is 0 Å². The fourth-order valence-electron chi connectivity index (χ4n) is 0.285. The van der Waals surface area contributed by atoms with Gasteiger partial charge in [-0.25, -0.2) is 0 Å². The van der Waals surface area contributed by atoms with Crippen molar-refractivity contribution in [1.82, 2.24) is 0 Å². The van der Waals surface area contributed by atoms with Gasteiger partial charge in [-0.1, -0.05) is 18.6 Å². The number of hydrogen-bond donors (Lipinski definition) is 0. The van der Waals surface area contributed by atoms with Gasteiger partial charge in [-0.3, -0.25) is 0 Å². The highest BCUT2D eigenvalue weighted by Gasteiger charge is 1.58. The third-order valence-corrected chi connectivity index (χ3v) is 0.606. The smallest absolute Gasteiger partial charge is 0.0470 e. The number of unbranched alkanes of at least 4 members (excludes halogenated alkanes) is 1. The van der Waals surface area contributed by atoms with Crippen LogP contribution in [0.25, 0.3) is 0 Å². The molecule has 0 saturated heterocycles. The van der Waals surface area contributed by atoms with E-state index < -0.39 is 0 Å². The molecule has 0 aliphatic rings. The summed E-state index contributed by atoms with van der Waals surface area (Å²) in [5, 5.41) is 0. The van der Waals surface area contributed by atoms with Crippen molar-refractivity contribution in [3.63, 3.8) is 0 Å². The third kappa shape index (κ3) is 3.74. The van der Waals surface area contributed by atoms with Gasteiger partial charge < -0.3 is 6.92 Å². The summed E-state index contributed by atoms with van der Waals surface area (Å²) < 4.78 is 0. The predicted molar refractivity (Wildman–Crippen MR) is 29.4 cm³/mol. The Labute approximate surface area is 39.9 Å². The molecule has 0 bridgehead atoms. The molecule has 0 radical (unpaired) electrons. The zero-order valence-corrected chi connectivity index (χ0v) is 4.28. The zero-order chi connectivity index (χ0) is 4.83. The van der Waals surface area contributed by atoms with Crippen LogP contribution >= 0.6 is 0 Å². The van der Waals surface area contributed by atoms with E-state index in [-0.39, 0.29) is 0 Å². The maximum atomic E-state index is 3.67. The lowest BCUT2D eigenvalue weighted by atomic mass is 10.3. The van der Waals surface area contributed by atoms with E-state index in [2.05, 4.69) is 13.0 Å². The Morgan fingerprint density at radius 1 is 1.67 bits per heavy atom. The Balaban J connectivity index is 2.66. The molecule has 0 aromatic carbocycles. The highest BCUT2D eigenvalue weighted by atomic mass is 13.7. The first-order valence-corrected chi connectivity index (χ1v) is 2.32. The Hall–Kier alpha value is -0.260. The molecular formula is C6H11-. The van der Waals surface area contributed by atoms with Gasteiger partial charge in [0.15, 0.2) is 0 Å². The van der Waals surface area contributed by atoms with Crippen LogP contribution in [0, 0.1) is 6.92 Å². The molecule has 0 heteroatoms. The predicted octanol–water partition coefficient (Wildman–Crippen LogP) is 2.18. The van der Waals surface area contributed by atoms with Crippen LogP contribution in [0.15, 0.2) is 12.2 Å². The van der Waals surface area contributed by atoms with E-state index in [1.54, 1.807) is 0 Å². The zero-order valence-electron chi connectivity index (χ0n) is 4.28. The molecule has 0 heterocycles. The first-order valence-electron chi connectivity index (χ1n) is 2.32. The molecule has 0 saturated carbocycles. The standard InChI is InChI=1S/C6H11/c1-3-5-6-4-2/h4,6H,1,3,5H2,2H3/q-1. The van der Waals surface area contributed by atoms with Gasteiger partial charge in [0.05, 0.1) is 0 Å². The topological polar surface area (TPSA) is 0 Å². The molecule has 0 nitrogen and oxygen atoms in total. The minimum atomic E-state index is 1.02. The lowest BCUT2D eigenvalue weighted by molar-refractivity contribution is 1.05. The fraction of sp³-hybridized carbons (Fsp3) is 0.500. The fourth-order valence-corrected chi connectivity index (χ4v) is 0.285. The Morgan fingerprint density at radius 2 is 2.33 bits per heavy atom. The molecule has 0 aliphatic carbocycles. The summed E-state index contributed by atoms with van der Waals surface area (Å²) in [7, 11) is 0. The van der Waals surface area contributed by atoms with Crippen molar-refractivity contribution in [3.8, 4) is 0 Å². The van der Waals surface area contributed by atoms with Crippen molar-refractivity contribution in [2.75, 3.05) is 0 Å². The summed E-state index contributed by atoms with van der Waals surface area (Å²) in [5.41, 5.74) is 0. The van der Waals surface area contributed by atoms with Crippen molar-refractivity contribution < 1.29 is 0 Å². The molecule has 0 rings (SSSR count). The second-order valence-corrected chi connectivity index (χ2v) is 1.21. The summed E-state index contributed by atoms with van der Waals surface area (Å²) in [4.78, 5) is 0. The van der Waals surface area contributed by atoms with Gasteiger partial charge in [-0.05, 0) is 6.92 Å². The van der Waals surface area contributed by atoms with Crippen LogP contribution in [0.1, 0.15) is 19.8 Å². The van der Waals surface area contributed by atoms with Gasteiger partial charge in [0.1, 0.15) is 0 Å². The van der Waals surface area contributed by atoms with E-state index in [0.717, 1.165) is 12.8 Å². The van der Waals surface area contributed by atoms with Gasteiger partial charge >= 0.3 is 0 Å². The molecule has 0 aromatic heterocycles. The lowest BCUT2D eigenvalue weighted by Crippen LogP contribution is -1.56. The Kier molecular flexibility index (Phi) is 4.53. The maximum absolute atomic E-state index is 3.67. The van der Waals surface area contributed by atoms with Crippen LogP contribution in [-0.2, 0) is 0 Å². The van der Waals surface area contributed by atoms with E-state index in [4.69, 9.17) is 0 Å². The summed E-state index contributed by atoms with van der Waals surface area (Å²) in [6.07, 6.45) is 6.30. The largest absolute Gasteiger partial charge is 0.343 e. The summed E-state index contributed by atoms with van der Waals surface area (Å²) >= 11 is 0. The molecule has 0 spiro atoms. The number of allylic oxidation sites excluding steroid dienone is 2.